The van der Waals surface area contributed by atoms with Crippen LogP contribution in [0.2, 0.25) is 0 Å². The Kier molecular flexibility index (Phi) is 9.24. The van der Waals surface area contributed by atoms with E-state index in [1.807, 2.05) is 31.3 Å². The molecule has 2 aliphatic rings. The molecule has 1 spiro atoms. The van der Waals surface area contributed by atoms with Crippen LogP contribution in [0.25, 0.3) is 11.3 Å². The minimum atomic E-state index is -0.137. The molecule has 1 aromatic carbocycles. The fourth-order valence-electron chi connectivity index (χ4n) is 5.35. The van der Waals surface area contributed by atoms with Gasteiger partial charge < -0.3 is 15.6 Å². The van der Waals surface area contributed by atoms with E-state index in [9.17, 15) is 9.59 Å². The molecule has 0 bridgehead atoms. The number of Topliss-reactive ketones (excluding diaryl/α,β-unsaturated/α-hetero) is 1. The molecule has 1 saturated heterocycles. The molecule has 4 rings (SSSR count). The van der Waals surface area contributed by atoms with Gasteiger partial charge in [-0.3, -0.25) is 9.59 Å². The van der Waals surface area contributed by atoms with Crippen LogP contribution in [0.4, 0.5) is 0 Å². The predicted molar refractivity (Wildman–Crippen MR) is 133 cm³/mol. The largest absolute Gasteiger partial charge is 0.370 e. The molecule has 0 atom stereocenters. The first-order chi connectivity index (χ1) is 15.9. The smallest absolute Gasteiger partial charge is 0.217 e. The van der Waals surface area contributed by atoms with Crippen LogP contribution in [-0.2, 0) is 16.0 Å². The number of nitrogens with one attached hydrogen (secondary N) is 1. The van der Waals surface area contributed by atoms with Gasteiger partial charge >= 0.3 is 0 Å². The first-order valence-electron chi connectivity index (χ1n) is 12.5. The third-order valence-corrected chi connectivity index (χ3v) is 6.87. The summed E-state index contributed by atoms with van der Waals surface area (Å²) in [5.74, 6) is 1.89. The average molecular weight is 453 g/mol. The van der Waals surface area contributed by atoms with Gasteiger partial charge in [0.05, 0.1) is 11.9 Å². The van der Waals surface area contributed by atoms with Gasteiger partial charge in [-0.15, -0.1) is 0 Å². The molecular weight excluding hydrogens is 412 g/mol. The number of nitrogens with two attached hydrogens (primary N) is 1. The van der Waals surface area contributed by atoms with Crippen LogP contribution in [-0.4, -0.2) is 46.7 Å². The van der Waals surface area contributed by atoms with Crippen molar-refractivity contribution in [2.75, 3.05) is 20.1 Å². The van der Waals surface area contributed by atoms with Crippen LogP contribution >= 0.6 is 0 Å². The van der Waals surface area contributed by atoms with Gasteiger partial charge in [0.2, 0.25) is 5.91 Å². The first-order valence-corrected chi connectivity index (χ1v) is 12.5. The highest BCUT2D eigenvalue weighted by molar-refractivity contribution is 5.77. The number of primary amides is 1. The van der Waals surface area contributed by atoms with Gasteiger partial charge in [0.15, 0.2) is 0 Å². The summed E-state index contributed by atoms with van der Waals surface area (Å²) in [7, 11) is 2.15. The quantitative estimate of drug-likeness (QED) is 0.481. The van der Waals surface area contributed by atoms with Crippen molar-refractivity contribution in [3.8, 4) is 11.3 Å². The molecule has 2 fully saturated rings. The molecule has 1 aliphatic carbocycles. The van der Waals surface area contributed by atoms with Crippen LogP contribution in [0.15, 0.2) is 36.5 Å². The number of H-pyrrole nitrogens is 1. The van der Waals surface area contributed by atoms with E-state index in [1.54, 1.807) is 0 Å². The SMILES string of the molecule is CCC(=O)CCCCCCc1ncc(-c2ccccc2)[nH]1.CN1CC2(CC(CC(N)=O)C2)C1. The van der Waals surface area contributed by atoms with E-state index in [0.29, 0.717) is 30.0 Å². The molecule has 0 radical (unpaired) electrons. The number of aromatic amines is 1. The lowest BCUT2D eigenvalue weighted by Crippen LogP contribution is -2.60. The number of rotatable bonds is 11. The summed E-state index contributed by atoms with van der Waals surface area (Å²) in [6.45, 7) is 4.38. The van der Waals surface area contributed by atoms with Crippen LogP contribution in [0, 0.1) is 11.3 Å². The average Bonchev–Trinajstić information content (AvgIpc) is 3.23. The molecule has 0 unspecified atom stereocenters. The van der Waals surface area contributed by atoms with Crippen LogP contribution in [0.5, 0.6) is 0 Å². The Morgan fingerprint density at radius 1 is 1.12 bits per heavy atom. The van der Waals surface area contributed by atoms with Crippen molar-refractivity contribution >= 4 is 11.7 Å². The molecule has 180 valence electrons. The number of nitrogens with zero attached hydrogens (tertiary/aromatic N) is 2. The third kappa shape index (κ3) is 7.81. The molecule has 2 aromatic rings. The van der Waals surface area contributed by atoms with Gasteiger partial charge in [-0.05, 0) is 49.6 Å². The van der Waals surface area contributed by atoms with Gasteiger partial charge in [-0.2, -0.15) is 0 Å². The van der Waals surface area contributed by atoms with Crippen LogP contribution in [0.1, 0.15) is 70.5 Å². The van der Waals surface area contributed by atoms with E-state index in [1.165, 1.54) is 37.9 Å². The number of aryl methyl sites for hydroxylation is 1. The first kappa shape index (κ1) is 25.2. The fraction of sp³-hybridized carbons (Fsp3) is 0.593. The lowest BCUT2D eigenvalue weighted by atomic mass is 9.57. The van der Waals surface area contributed by atoms with Crippen molar-refractivity contribution in [3.05, 3.63) is 42.4 Å². The molecule has 6 nitrogen and oxygen atoms in total. The van der Waals surface area contributed by atoms with Crippen molar-refractivity contribution in [3.63, 3.8) is 0 Å². The molecule has 1 saturated carbocycles. The summed E-state index contributed by atoms with van der Waals surface area (Å²) in [5.41, 5.74) is 7.98. The molecule has 1 aromatic heterocycles. The molecule has 1 amide bonds. The summed E-state index contributed by atoms with van der Waals surface area (Å²) in [6.07, 6.45) is 11.8. The number of hydrogen-bond donors (Lipinski definition) is 2. The number of carbonyl (C=O) groups excluding carboxylic acids is 2. The predicted octanol–water partition coefficient (Wildman–Crippen LogP) is 4.75. The van der Waals surface area contributed by atoms with Gasteiger partial charge in [0.25, 0.3) is 0 Å². The Morgan fingerprint density at radius 2 is 1.82 bits per heavy atom. The second-order valence-electron chi connectivity index (χ2n) is 10.0. The number of benzene rings is 1. The van der Waals surface area contributed by atoms with Crippen molar-refractivity contribution in [1.82, 2.24) is 14.9 Å². The Labute approximate surface area is 198 Å². The normalized spacial score (nSPS) is 17.0. The molecule has 3 N–H and O–H groups in total. The van der Waals surface area contributed by atoms with Gasteiger partial charge in [-0.1, -0.05) is 50.1 Å². The number of aromatic nitrogens is 2. The summed E-state index contributed by atoms with van der Waals surface area (Å²) < 4.78 is 0. The Bertz CT molecular complexity index is 879. The number of likely N-dealkylation sites (tertiary alicyclic amines) is 1. The third-order valence-electron chi connectivity index (χ3n) is 6.87. The number of amides is 1. The summed E-state index contributed by atoms with van der Waals surface area (Å²) in [6, 6.07) is 10.3. The molecule has 6 heteroatoms. The Balaban J connectivity index is 0.000000215. The highest BCUT2D eigenvalue weighted by Gasteiger charge is 2.50. The molecule has 1 aliphatic heterocycles. The zero-order valence-electron chi connectivity index (χ0n) is 20.3. The highest BCUT2D eigenvalue weighted by atomic mass is 16.1. The maximum Gasteiger partial charge on any atom is 0.217 e. The monoisotopic (exact) mass is 452 g/mol. The van der Waals surface area contributed by atoms with Crippen molar-refractivity contribution in [2.45, 2.75) is 71.1 Å². The van der Waals surface area contributed by atoms with Crippen molar-refractivity contribution < 1.29 is 9.59 Å². The molecule has 2 heterocycles. The lowest BCUT2D eigenvalue weighted by Gasteiger charge is -2.58. The summed E-state index contributed by atoms with van der Waals surface area (Å²) in [4.78, 5) is 31.9. The van der Waals surface area contributed by atoms with E-state index in [4.69, 9.17) is 5.73 Å². The summed E-state index contributed by atoms with van der Waals surface area (Å²) >= 11 is 0. The minimum absolute atomic E-state index is 0.137. The maximum absolute atomic E-state index is 11.2. The number of hydrogen-bond acceptors (Lipinski definition) is 4. The topological polar surface area (TPSA) is 92.1 Å². The van der Waals surface area contributed by atoms with E-state index in [-0.39, 0.29) is 5.91 Å². The van der Waals surface area contributed by atoms with Crippen molar-refractivity contribution in [2.24, 2.45) is 17.1 Å². The van der Waals surface area contributed by atoms with Crippen LogP contribution < -0.4 is 5.73 Å². The number of ketones is 1. The standard InChI is InChI=1S/C18H24N2O.C9H16N2O/c1-2-16(21)12-8-3-4-9-13-18-19-14-17(20-18)15-10-6-5-7-11-15;1-11-5-9(6-11)3-7(4-9)2-8(10)12/h5-7,10-11,14H,2-4,8-9,12-13H2,1H3,(H,19,20);7H,2-6H2,1H3,(H2,10,12). The van der Waals surface area contributed by atoms with Gasteiger partial charge in [0.1, 0.15) is 11.6 Å². The Hall–Kier alpha value is -2.47. The molecular formula is C27H40N4O2. The second kappa shape index (κ2) is 12.1. The van der Waals surface area contributed by atoms with Gasteiger partial charge in [0, 0.05) is 38.8 Å². The zero-order chi connectivity index (χ0) is 23.7. The highest BCUT2D eigenvalue weighted by Crippen LogP contribution is 2.52. The van der Waals surface area contributed by atoms with Gasteiger partial charge in [-0.25, -0.2) is 4.98 Å². The number of imidazole rings is 1. The van der Waals surface area contributed by atoms with E-state index in [0.717, 1.165) is 43.6 Å². The van der Waals surface area contributed by atoms with E-state index < -0.39 is 0 Å². The second-order valence-corrected chi connectivity index (χ2v) is 10.0. The number of carbonyl (C=O) groups is 2. The number of unbranched alkanes of at least 4 members (excludes halogenated alkanes) is 3. The maximum atomic E-state index is 11.2. The minimum Gasteiger partial charge on any atom is -0.370 e. The summed E-state index contributed by atoms with van der Waals surface area (Å²) in [5, 5.41) is 0. The zero-order valence-corrected chi connectivity index (χ0v) is 20.3. The van der Waals surface area contributed by atoms with Crippen molar-refractivity contribution in [1.29, 1.82) is 0 Å². The Morgan fingerprint density at radius 3 is 2.45 bits per heavy atom. The van der Waals surface area contributed by atoms with Crippen LogP contribution in [0.3, 0.4) is 0 Å². The molecule has 33 heavy (non-hydrogen) atoms. The fourth-order valence-corrected chi connectivity index (χ4v) is 5.35. The van der Waals surface area contributed by atoms with E-state index >= 15 is 0 Å². The lowest BCUT2D eigenvalue weighted by molar-refractivity contribution is -0.125. The van der Waals surface area contributed by atoms with E-state index in [2.05, 4.69) is 34.0 Å².